The lowest BCUT2D eigenvalue weighted by Gasteiger charge is -2.13. The molecule has 0 N–H and O–H groups in total. The van der Waals surface area contributed by atoms with Gasteiger partial charge in [-0.25, -0.2) is 9.97 Å². The summed E-state index contributed by atoms with van der Waals surface area (Å²) in [7, 11) is 0. The number of rotatable bonds is 5. The van der Waals surface area contributed by atoms with Gasteiger partial charge < -0.3 is 4.42 Å². The summed E-state index contributed by atoms with van der Waals surface area (Å²) in [6, 6.07) is 59.1. The first kappa shape index (κ1) is 27.0. The molecular weight excluding hydrogens is 572 g/mol. The molecule has 0 radical (unpaired) electrons. The fourth-order valence-corrected chi connectivity index (χ4v) is 6.58. The standard InChI is InChI=1S/C44H28N2O/c1-3-12-29(13-4-1)31-16-9-18-33(26-31)40-28-41(34-19-10-17-32(27-34)30-14-5-2-6-15-30)46-44(45-40)39-22-11-21-37-35(39)24-25-38-36-20-7-8-23-42(36)47-43(37)38/h1-28H. The second kappa shape index (κ2) is 11.2. The number of hydrogen-bond donors (Lipinski definition) is 0. The molecule has 220 valence electrons. The van der Waals surface area contributed by atoms with Crippen LogP contribution in [0.1, 0.15) is 0 Å². The van der Waals surface area contributed by atoms with Gasteiger partial charge in [0.25, 0.3) is 0 Å². The summed E-state index contributed by atoms with van der Waals surface area (Å²) < 4.78 is 6.41. The van der Waals surface area contributed by atoms with Crippen LogP contribution in [0.3, 0.4) is 0 Å². The van der Waals surface area contributed by atoms with Crippen molar-refractivity contribution in [3.8, 4) is 56.2 Å². The van der Waals surface area contributed by atoms with Crippen LogP contribution in [0.2, 0.25) is 0 Å². The lowest BCUT2D eigenvalue weighted by Crippen LogP contribution is -1.97. The highest BCUT2D eigenvalue weighted by molar-refractivity contribution is 6.17. The predicted octanol–water partition coefficient (Wildman–Crippen LogP) is 11.9. The molecule has 9 aromatic rings. The topological polar surface area (TPSA) is 38.9 Å². The predicted molar refractivity (Wildman–Crippen MR) is 194 cm³/mol. The number of benzene rings is 7. The van der Waals surface area contributed by atoms with Crippen molar-refractivity contribution in [1.82, 2.24) is 9.97 Å². The van der Waals surface area contributed by atoms with Gasteiger partial charge in [0.05, 0.1) is 11.4 Å². The fraction of sp³-hybridized carbons (Fsp3) is 0. The van der Waals surface area contributed by atoms with E-state index in [9.17, 15) is 0 Å². The van der Waals surface area contributed by atoms with Crippen molar-refractivity contribution in [2.24, 2.45) is 0 Å². The lowest BCUT2D eigenvalue weighted by atomic mass is 9.98. The molecule has 0 amide bonds. The molecule has 7 aromatic carbocycles. The van der Waals surface area contributed by atoms with Gasteiger partial charge in [0.15, 0.2) is 5.82 Å². The Morgan fingerprint density at radius 1 is 0.340 bits per heavy atom. The summed E-state index contributed by atoms with van der Waals surface area (Å²) >= 11 is 0. The Balaban J connectivity index is 1.26. The number of para-hydroxylation sites is 1. The van der Waals surface area contributed by atoms with Gasteiger partial charge in [0, 0.05) is 32.8 Å². The summed E-state index contributed by atoms with van der Waals surface area (Å²) in [4.78, 5) is 10.5. The second-order valence-corrected chi connectivity index (χ2v) is 11.8. The first-order valence-corrected chi connectivity index (χ1v) is 15.8. The Morgan fingerprint density at radius 2 is 0.830 bits per heavy atom. The molecule has 0 aliphatic rings. The summed E-state index contributed by atoms with van der Waals surface area (Å²) in [5, 5.41) is 4.32. The van der Waals surface area contributed by atoms with Crippen LogP contribution in [0.25, 0.3) is 88.9 Å². The average molecular weight is 601 g/mol. The summed E-state index contributed by atoms with van der Waals surface area (Å²) in [5.41, 5.74) is 11.2. The summed E-state index contributed by atoms with van der Waals surface area (Å²) in [6.07, 6.45) is 0. The van der Waals surface area contributed by atoms with E-state index in [0.29, 0.717) is 5.82 Å². The van der Waals surface area contributed by atoms with Crippen LogP contribution in [-0.2, 0) is 0 Å². The summed E-state index contributed by atoms with van der Waals surface area (Å²) in [5.74, 6) is 0.675. The van der Waals surface area contributed by atoms with Crippen molar-refractivity contribution in [2.45, 2.75) is 0 Å². The van der Waals surface area contributed by atoms with Crippen molar-refractivity contribution in [3.63, 3.8) is 0 Å². The molecule has 0 atom stereocenters. The Labute approximate surface area is 272 Å². The maximum atomic E-state index is 6.41. The minimum Gasteiger partial charge on any atom is -0.455 e. The minimum atomic E-state index is 0.675. The lowest BCUT2D eigenvalue weighted by molar-refractivity contribution is 0.672. The molecule has 0 spiro atoms. The van der Waals surface area contributed by atoms with Crippen LogP contribution in [0.15, 0.2) is 174 Å². The van der Waals surface area contributed by atoms with Gasteiger partial charge >= 0.3 is 0 Å². The van der Waals surface area contributed by atoms with Crippen LogP contribution in [0, 0.1) is 0 Å². The molecule has 0 saturated carbocycles. The van der Waals surface area contributed by atoms with Gasteiger partial charge in [0.2, 0.25) is 0 Å². The highest BCUT2D eigenvalue weighted by Gasteiger charge is 2.17. The third kappa shape index (κ3) is 4.86. The van der Waals surface area contributed by atoms with Crippen LogP contribution in [0.5, 0.6) is 0 Å². The minimum absolute atomic E-state index is 0.675. The Hall–Kier alpha value is -6.32. The molecule has 9 rings (SSSR count). The second-order valence-electron chi connectivity index (χ2n) is 11.8. The van der Waals surface area contributed by atoms with Gasteiger partial charge in [-0.2, -0.15) is 0 Å². The average Bonchev–Trinajstić information content (AvgIpc) is 3.55. The van der Waals surface area contributed by atoms with Gasteiger partial charge in [-0.1, -0.05) is 140 Å². The molecule has 0 saturated heterocycles. The molecule has 2 aromatic heterocycles. The molecular formula is C44H28N2O. The highest BCUT2D eigenvalue weighted by Crippen LogP contribution is 2.38. The van der Waals surface area contributed by atoms with E-state index in [-0.39, 0.29) is 0 Å². The zero-order chi connectivity index (χ0) is 31.2. The van der Waals surface area contributed by atoms with Crippen LogP contribution in [-0.4, -0.2) is 9.97 Å². The molecule has 0 bridgehead atoms. The van der Waals surface area contributed by atoms with Crippen molar-refractivity contribution in [1.29, 1.82) is 0 Å². The zero-order valence-corrected chi connectivity index (χ0v) is 25.5. The largest absolute Gasteiger partial charge is 0.455 e. The quantitative estimate of drug-likeness (QED) is 0.197. The zero-order valence-electron chi connectivity index (χ0n) is 25.5. The SMILES string of the molecule is c1ccc(-c2cccc(-c3cc(-c4cccc(-c5ccccc5)c4)nc(-c4cccc5c4ccc4c6ccccc6oc54)n3)c2)cc1. The normalized spacial score (nSPS) is 11.4. The first-order chi connectivity index (χ1) is 23.3. The van der Waals surface area contributed by atoms with Crippen molar-refractivity contribution >= 4 is 32.7 Å². The molecule has 2 heterocycles. The van der Waals surface area contributed by atoms with E-state index in [2.05, 4.69) is 146 Å². The number of nitrogens with zero attached hydrogens (tertiary/aromatic N) is 2. The van der Waals surface area contributed by atoms with Gasteiger partial charge in [-0.05, 0) is 58.0 Å². The van der Waals surface area contributed by atoms with Crippen LogP contribution < -0.4 is 0 Å². The molecule has 3 heteroatoms. The molecule has 0 unspecified atom stereocenters. The van der Waals surface area contributed by atoms with Crippen molar-refractivity contribution in [3.05, 3.63) is 170 Å². The molecule has 3 nitrogen and oxygen atoms in total. The first-order valence-electron chi connectivity index (χ1n) is 15.8. The third-order valence-corrected chi connectivity index (χ3v) is 8.90. The van der Waals surface area contributed by atoms with Crippen LogP contribution >= 0.6 is 0 Å². The van der Waals surface area contributed by atoms with Crippen molar-refractivity contribution < 1.29 is 4.42 Å². The van der Waals surface area contributed by atoms with Gasteiger partial charge in [-0.3, -0.25) is 0 Å². The monoisotopic (exact) mass is 600 g/mol. The van der Waals surface area contributed by atoms with Gasteiger partial charge in [0.1, 0.15) is 11.2 Å². The molecule has 47 heavy (non-hydrogen) atoms. The molecule has 0 aliphatic heterocycles. The van der Waals surface area contributed by atoms with E-state index in [4.69, 9.17) is 14.4 Å². The smallest absolute Gasteiger partial charge is 0.161 e. The van der Waals surface area contributed by atoms with E-state index in [0.717, 1.165) is 71.9 Å². The number of fused-ring (bicyclic) bond motifs is 5. The van der Waals surface area contributed by atoms with E-state index < -0.39 is 0 Å². The highest BCUT2D eigenvalue weighted by atomic mass is 16.3. The van der Waals surface area contributed by atoms with E-state index in [1.165, 1.54) is 11.1 Å². The Morgan fingerprint density at radius 3 is 1.49 bits per heavy atom. The van der Waals surface area contributed by atoms with Crippen LogP contribution in [0.4, 0.5) is 0 Å². The van der Waals surface area contributed by atoms with E-state index >= 15 is 0 Å². The summed E-state index contributed by atoms with van der Waals surface area (Å²) in [6.45, 7) is 0. The number of aromatic nitrogens is 2. The van der Waals surface area contributed by atoms with E-state index in [1.807, 2.05) is 24.3 Å². The number of hydrogen-bond acceptors (Lipinski definition) is 3. The van der Waals surface area contributed by atoms with Crippen molar-refractivity contribution in [2.75, 3.05) is 0 Å². The molecule has 0 fully saturated rings. The Kier molecular flexibility index (Phi) is 6.46. The maximum absolute atomic E-state index is 6.41. The maximum Gasteiger partial charge on any atom is 0.161 e. The Bertz CT molecular complexity index is 2470. The van der Waals surface area contributed by atoms with Gasteiger partial charge in [-0.15, -0.1) is 0 Å². The third-order valence-electron chi connectivity index (χ3n) is 8.90. The fourth-order valence-electron chi connectivity index (χ4n) is 6.58. The molecule has 0 aliphatic carbocycles. The number of furan rings is 1. The van der Waals surface area contributed by atoms with E-state index in [1.54, 1.807) is 0 Å².